The number of nitrogens with zero attached hydrogens (tertiary/aromatic N) is 1. The fraction of sp³-hybridized carbons (Fsp3) is 0.267. The molecule has 0 saturated heterocycles. The van der Waals surface area contributed by atoms with Crippen LogP contribution in [0, 0.1) is 0 Å². The van der Waals surface area contributed by atoms with Crippen molar-refractivity contribution in [2.24, 2.45) is 0 Å². The molecular weight excluding hydrogens is 500 g/mol. The molecule has 0 fully saturated rings. The first-order valence-electron chi connectivity index (χ1n) is 12.3. The third-order valence-electron chi connectivity index (χ3n) is 5.89. The summed E-state index contributed by atoms with van der Waals surface area (Å²) in [7, 11) is 0. The number of ether oxygens (including phenoxy) is 1. The van der Waals surface area contributed by atoms with E-state index in [0.29, 0.717) is 0 Å². The van der Waals surface area contributed by atoms with Crippen LogP contribution < -0.4 is 5.32 Å². The molecule has 0 radical (unpaired) electrons. The number of esters is 1. The Morgan fingerprint density at radius 1 is 0.816 bits per heavy atom. The molecule has 1 aliphatic rings. The number of thioether (sulfide) groups is 1. The quantitative estimate of drug-likeness (QED) is 0.320. The molecule has 38 heavy (non-hydrogen) atoms. The van der Waals surface area contributed by atoms with Crippen molar-refractivity contribution in [3.8, 4) is 0 Å². The van der Waals surface area contributed by atoms with Gasteiger partial charge in [-0.2, -0.15) is 0 Å². The molecular formula is C30H30N2O5S. The Kier molecular flexibility index (Phi) is 8.32. The molecule has 196 valence electrons. The second-order valence-electron chi connectivity index (χ2n) is 9.88. The normalized spacial score (nSPS) is 13.8. The number of amides is 3. The second kappa shape index (κ2) is 11.6. The Balaban J connectivity index is 1.60. The lowest BCUT2D eigenvalue weighted by Gasteiger charge is -2.27. The average Bonchev–Trinajstić information content (AvgIpc) is 3.15. The minimum atomic E-state index is -1.13. The molecule has 4 rings (SSSR count). The largest absolute Gasteiger partial charge is 0.459 e. The number of hydrogen-bond donors (Lipinski definition) is 1. The zero-order valence-electron chi connectivity index (χ0n) is 21.5. The third kappa shape index (κ3) is 6.31. The summed E-state index contributed by atoms with van der Waals surface area (Å²) in [5.41, 5.74) is 1.86. The summed E-state index contributed by atoms with van der Waals surface area (Å²) in [5, 5.41) is 2.44. The Bertz CT molecular complexity index is 1250. The van der Waals surface area contributed by atoms with Crippen LogP contribution in [0.5, 0.6) is 0 Å². The van der Waals surface area contributed by atoms with E-state index in [-0.39, 0.29) is 28.7 Å². The van der Waals surface area contributed by atoms with Gasteiger partial charge in [-0.05, 0) is 44.0 Å². The second-order valence-corrected chi connectivity index (χ2v) is 11.0. The number of imide groups is 1. The fourth-order valence-corrected chi connectivity index (χ4v) is 5.62. The molecule has 1 atom stereocenters. The molecule has 3 aromatic carbocycles. The fourth-order valence-electron chi connectivity index (χ4n) is 4.24. The van der Waals surface area contributed by atoms with Gasteiger partial charge in [0.25, 0.3) is 11.8 Å². The minimum Gasteiger partial charge on any atom is -0.459 e. The van der Waals surface area contributed by atoms with Gasteiger partial charge < -0.3 is 10.1 Å². The van der Waals surface area contributed by atoms with Gasteiger partial charge in [-0.3, -0.25) is 24.1 Å². The smallest absolute Gasteiger partial charge is 0.325 e. The molecule has 3 amide bonds. The molecule has 0 bridgehead atoms. The summed E-state index contributed by atoms with van der Waals surface area (Å²) in [4.78, 5) is 53.3. The highest BCUT2D eigenvalue weighted by Crippen LogP contribution is 2.37. The third-order valence-corrected chi connectivity index (χ3v) is 7.28. The zero-order chi connectivity index (χ0) is 27.3. The maximum atomic E-state index is 13.4. The first-order chi connectivity index (χ1) is 18.2. The lowest BCUT2D eigenvalue weighted by Crippen LogP contribution is -2.52. The Hall–Kier alpha value is -3.91. The predicted molar refractivity (Wildman–Crippen MR) is 147 cm³/mol. The van der Waals surface area contributed by atoms with Crippen LogP contribution in [-0.4, -0.2) is 52.5 Å². The molecule has 1 N–H and O–H groups in total. The van der Waals surface area contributed by atoms with Crippen LogP contribution >= 0.6 is 11.8 Å². The number of hydrogen-bond acceptors (Lipinski definition) is 6. The zero-order valence-corrected chi connectivity index (χ0v) is 22.4. The van der Waals surface area contributed by atoms with Gasteiger partial charge in [0.15, 0.2) is 0 Å². The summed E-state index contributed by atoms with van der Waals surface area (Å²) in [6.45, 7) is 4.83. The average molecular weight is 531 g/mol. The lowest BCUT2D eigenvalue weighted by molar-refractivity contribution is -0.154. The van der Waals surface area contributed by atoms with Crippen LogP contribution in [0.3, 0.4) is 0 Å². The van der Waals surface area contributed by atoms with Crippen molar-refractivity contribution in [3.05, 3.63) is 107 Å². The Morgan fingerprint density at radius 2 is 1.29 bits per heavy atom. The van der Waals surface area contributed by atoms with E-state index in [0.717, 1.165) is 16.0 Å². The molecule has 0 spiro atoms. The van der Waals surface area contributed by atoms with Crippen LogP contribution in [0.25, 0.3) is 0 Å². The molecule has 0 aromatic heterocycles. The van der Waals surface area contributed by atoms with Crippen molar-refractivity contribution in [2.45, 2.75) is 37.7 Å². The molecule has 1 unspecified atom stereocenters. The van der Waals surface area contributed by atoms with Crippen molar-refractivity contribution in [3.63, 3.8) is 0 Å². The lowest BCUT2D eigenvalue weighted by atomic mass is 10.0. The molecule has 0 aliphatic carbocycles. The standard InChI is InChI=1S/C30H30N2O5S/c1-30(2,3)37-25(33)18-31-27(34)24(32-28(35)22-16-10-11-17-23(22)29(32)36)19-38-26(20-12-6-4-7-13-20)21-14-8-5-9-15-21/h4-17,24,26H,18-19H2,1-3H3,(H,31,34). The van der Waals surface area contributed by atoms with Crippen molar-refractivity contribution in [1.29, 1.82) is 0 Å². The number of rotatable bonds is 9. The van der Waals surface area contributed by atoms with Gasteiger partial charge in [0.05, 0.1) is 16.4 Å². The Morgan fingerprint density at radius 3 is 1.76 bits per heavy atom. The van der Waals surface area contributed by atoms with E-state index in [1.807, 2.05) is 60.7 Å². The van der Waals surface area contributed by atoms with Gasteiger partial charge in [-0.25, -0.2) is 0 Å². The number of carbonyl (C=O) groups excluding carboxylic acids is 4. The molecule has 7 nitrogen and oxygen atoms in total. The highest BCUT2D eigenvalue weighted by molar-refractivity contribution is 7.99. The van der Waals surface area contributed by atoms with E-state index < -0.39 is 35.3 Å². The maximum absolute atomic E-state index is 13.4. The number of nitrogens with one attached hydrogen (secondary N) is 1. The van der Waals surface area contributed by atoms with Gasteiger partial charge in [0.2, 0.25) is 5.91 Å². The van der Waals surface area contributed by atoms with Crippen LogP contribution in [0.2, 0.25) is 0 Å². The van der Waals surface area contributed by atoms with Crippen molar-refractivity contribution < 1.29 is 23.9 Å². The van der Waals surface area contributed by atoms with E-state index in [1.165, 1.54) is 11.8 Å². The van der Waals surface area contributed by atoms with E-state index in [2.05, 4.69) is 5.32 Å². The SMILES string of the molecule is CC(C)(C)OC(=O)CNC(=O)C(CSC(c1ccccc1)c1ccccc1)N1C(=O)c2ccccc2C1=O. The van der Waals surface area contributed by atoms with Crippen molar-refractivity contribution >= 4 is 35.5 Å². The first-order valence-corrected chi connectivity index (χ1v) is 13.4. The van der Waals surface area contributed by atoms with Gasteiger partial charge in [-0.15, -0.1) is 11.8 Å². The van der Waals surface area contributed by atoms with Gasteiger partial charge in [0.1, 0.15) is 18.2 Å². The van der Waals surface area contributed by atoms with Gasteiger partial charge in [0, 0.05) is 5.75 Å². The van der Waals surface area contributed by atoms with Gasteiger partial charge in [-0.1, -0.05) is 72.8 Å². The Labute approximate surface area is 226 Å². The summed E-state index contributed by atoms with van der Waals surface area (Å²) in [6.07, 6.45) is 0. The van der Waals surface area contributed by atoms with Gasteiger partial charge >= 0.3 is 5.97 Å². The monoisotopic (exact) mass is 530 g/mol. The van der Waals surface area contributed by atoms with Crippen LogP contribution in [0.15, 0.2) is 84.9 Å². The maximum Gasteiger partial charge on any atom is 0.325 e. The first kappa shape index (κ1) is 27.1. The highest BCUT2D eigenvalue weighted by Gasteiger charge is 2.43. The molecule has 0 saturated carbocycles. The molecule has 1 aliphatic heterocycles. The summed E-state index contributed by atoms with van der Waals surface area (Å²) in [6, 6.07) is 25.0. The molecule has 1 heterocycles. The summed E-state index contributed by atoms with van der Waals surface area (Å²) >= 11 is 1.45. The highest BCUT2D eigenvalue weighted by atomic mass is 32.2. The molecule has 3 aromatic rings. The van der Waals surface area contributed by atoms with E-state index in [4.69, 9.17) is 4.74 Å². The topological polar surface area (TPSA) is 92.8 Å². The van der Waals surface area contributed by atoms with Crippen LogP contribution in [0.1, 0.15) is 57.9 Å². The van der Waals surface area contributed by atoms with E-state index in [1.54, 1.807) is 45.0 Å². The van der Waals surface area contributed by atoms with Crippen molar-refractivity contribution in [1.82, 2.24) is 10.2 Å². The number of carbonyl (C=O) groups is 4. The predicted octanol–water partition coefficient (Wildman–Crippen LogP) is 4.63. The number of fused-ring (bicyclic) bond motifs is 1. The van der Waals surface area contributed by atoms with Crippen LogP contribution in [0.4, 0.5) is 0 Å². The number of benzene rings is 3. The van der Waals surface area contributed by atoms with E-state index in [9.17, 15) is 19.2 Å². The minimum absolute atomic E-state index is 0.125. The van der Waals surface area contributed by atoms with Crippen LogP contribution in [-0.2, 0) is 14.3 Å². The summed E-state index contributed by atoms with van der Waals surface area (Å²) < 4.78 is 5.29. The van der Waals surface area contributed by atoms with Crippen molar-refractivity contribution in [2.75, 3.05) is 12.3 Å². The van der Waals surface area contributed by atoms with E-state index >= 15 is 0 Å². The summed E-state index contributed by atoms with van der Waals surface area (Å²) in [5.74, 6) is -2.14. The molecule has 8 heteroatoms.